The number of hydrazine groups is 1. The predicted octanol–water partition coefficient (Wildman–Crippen LogP) is 1.16. The van der Waals surface area contributed by atoms with Gasteiger partial charge in [0.25, 0.3) is 11.8 Å². The number of carbonyl (C=O) groups excluding carboxylic acids is 3. The van der Waals surface area contributed by atoms with Gasteiger partial charge in [0, 0.05) is 13.0 Å². The van der Waals surface area contributed by atoms with Gasteiger partial charge < -0.3 is 14.1 Å². The Morgan fingerprint density at radius 2 is 2.00 bits per heavy atom. The Balaban J connectivity index is 1.53. The Kier molecular flexibility index (Phi) is 4.69. The van der Waals surface area contributed by atoms with Crippen LogP contribution in [0, 0.1) is 6.92 Å². The van der Waals surface area contributed by atoms with Gasteiger partial charge >= 0.3 is 0 Å². The van der Waals surface area contributed by atoms with Crippen LogP contribution < -0.4 is 20.5 Å². The number of rotatable bonds is 4. The number of amides is 3. The van der Waals surface area contributed by atoms with Crippen molar-refractivity contribution >= 4 is 23.4 Å². The van der Waals surface area contributed by atoms with Crippen LogP contribution in [0.5, 0.6) is 5.75 Å². The van der Waals surface area contributed by atoms with Gasteiger partial charge in [0.15, 0.2) is 6.61 Å². The Morgan fingerprint density at radius 3 is 2.76 bits per heavy atom. The molecule has 0 saturated heterocycles. The van der Waals surface area contributed by atoms with Crippen LogP contribution in [-0.4, -0.2) is 30.9 Å². The zero-order chi connectivity index (χ0) is 17.8. The molecule has 0 aliphatic carbocycles. The average molecular weight is 343 g/mol. The first-order valence-corrected chi connectivity index (χ1v) is 7.71. The lowest BCUT2D eigenvalue weighted by molar-refractivity contribution is -0.122. The van der Waals surface area contributed by atoms with Gasteiger partial charge in [0.1, 0.15) is 11.5 Å². The average Bonchev–Trinajstić information content (AvgIpc) is 3.05. The van der Waals surface area contributed by atoms with Crippen molar-refractivity contribution in [3.05, 3.63) is 47.9 Å². The molecule has 8 heteroatoms. The van der Waals surface area contributed by atoms with E-state index < -0.39 is 11.8 Å². The molecular weight excluding hydrogens is 326 g/mol. The largest absolute Gasteiger partial charge is 0.482 e. The lowest BCUT2D eigenvalue weighted by Gasteiger charge is -2.29. The highest BCUT2D eigenvalue weighted by Gasteiger charge is 2.25. The van der Waals surface area contributed by atoms with E-state index in [1.54, 1.807) is 25.1 Å². The number of fused-ring (bicyclic) bond motifs is 1. The summed E-state index contributed by atoms with van der Waals surface area (Å²) in [4.78, 5) is 37.3. The first kappa shape index (κ1) is 16.6. The molecular formula is C17H17N3O5. The standard InChI is InChI=1S/C17H17N3O5/c1-11-12(7-9-24-11)17(23)19-18-15(21)6-8-20-13-4-2-3-5-14(13)25-10-16(20)22/h2-5,7,9H,6,8,10H2,1H3,(H,18,21)(H,19,23). The number of para-hydroxylation sites is 2. The summed E-state index contributed by atoms with van der Waals surface area (Å²) in [5.41, 5.74) is 5.62. The van der Waals surface area contributed by atoms with E-state index in [1.165, 1.54) is 17.2 Å². The lowest BCUT2D eigenvalue weighted by atomic mass is 10.2. The lowest BCUT2D eigenvalue weighted by Crippen LogP contribution is -2.45. The minimum Gasteiger partial charge on any atom is -0.482 e. The molecule has 3 rings (SSSR count). The van der Waals surface area contributed by atoms with E-state index in [0.29, 0.717) is 22.8 Å². The van der Waals surface area contributed by atoms with E-state index in [1.807, 2.05) is 6.07 Å². The Bertz CT molecular complexity index is 814. The Hall–Kier alpha value is -3.29. The molecule has 3 amide bonds. The molecule has 1 aromatic heterocycles. The zero-order valence-electron chi connectivity index (χ0n) is 13.6. The topological polar surface area (TPSA) is 101 Å². The van der Waals surface area contributed by atoms with E-state index in [-0.39, 0.29) is 25.5 Å². The summed E-state index contributed by atoms with van der Waals surface area (Å²) in [6, 6.07) is 8.64. The SMILES string of the molecule is Cc1occc1C(=O)NNC(=O)CCN1C(=O)COc2ccccc21. The number of aryl methyl sites for hydroxylation is 1. The van der Waals surface area contributed by atoms with Crippen molar-refractivity contribution in [3.8, 4) is 5.75 Å². The summed E-state index contributed by atoms with van der Waals surface area (Å²) < 4.78 is 10.4. The monoisotopic (exact) mass is 343 g/mol. The fourth-order valence-corrected chi connectivity index (χ4v) is 2.49. The first-order chi connectivity index (χ1) is 12.1. The summed E-state index contributed by atoms with van der Waals surface area (Å²) in [7, 11) is 0. The number of benzene rings is 1. The third kappa shape index (κ3) is 3.63. The minimum atomic E-state index is -0.465. The van der Waals surface area contributed by atoms with E-state index in [9.17, 15) is 14.4 Å². The second-order valence-electron chi connectivity index (χ2n) is 5.44. The molecule has 0 fully saturated rings. The second-order valence-corrected chi connectivity index (χ2v) is 5.44. The summed E-state index contributed by atoms with van der Waals surface area (Å²) >= 11 is 0. The van der Waals surface area contributed by atoms with Crippen LogP contribution in [0.4, 0.5) is 5.69 Å². The fraction of sp³-hybridized carbons (Fsp3) is 0.235. The number of hydrogen-bond acceptors (Lipinski definition) is 5. The Labute approximate surface area is 143 Å². The predicted molar refractivity (Wildman–Crippen MR) is 88.0 cm³/mol. The van der Waals surface area contributed by atoms with Crippen molar-refractivity contribution < 1.29 is 23.5 Å². The molecule has 25 heavy (non-hydrogen) atoms. The van der Waals surface area contributed by atoms with Gasteiger partial charge in [-0.1, -0.05) is 12.1 Å². The second kappa shape index (κ2) is 7.08. The molecule has 0 atom stereocenters. The van der Waals surface area contributed by atoms with Crippen molar-refractivity contribution in [2.45, 2.75) is 13.3 Å². The number of nitrogens with zero attached hydrogens (tertiary/aromatic N) is 1. The van der Waals surface area contributed by atoms with Crippen molar-refractivity contribution in [1.82, 2.24) is 10.9 Å². The van der Waals surface area contributed by atoms with Gasteiger partial charge in [0.2, 0.25) is 5.91 Å². The highest BCUT2D eigenvalue weighted by molar-refractivity contribution is 5.98. The van der Waals surface area contributed by atoms with Crippen LogP contribution in [0.25, 0.3) is 0 Å². The summed E-state index contributed by atoms with van der Waals surface area (Å²) in [5.74, 6) is -0.0308. The fourth-order valence-electron chi connectivity index (χ4n) is 2.49. The van der Waals surface area contributed by atoms with Gasteiger partial charge in [-0.15, -0.1) is 0 Å². The highest BCUT2D eigenvalue weighted by atomic mass is 16.5. The molecule has 0 bridgehead atoms. The molecule has 0 spiro atoms. The maximum Gasteiger partial charge on any atom is 0.273 e. The molecule has 8 nitrogen and oxygen atoms in total. The van der Waals surface area contributed by atoms with E-state index >= 15 is 0 Å². The van der Waals surface area contributed by atoms with Crippen molar-refractivity contribution in [3.63, 3.8) is 0 Å². The quantitative estimate of drug-likeness (QED) is 0.812. The van der Waals surface area contributed by atoms with E-state index in [0.717, 1.165) is 0 Å². The van der Waals surface area contributed by atoms with Gasteiger partial charge in [-0.3, -0.25) is 25.2 Å². The molecule has 1 aromatic carbocycles. The van der Waals surface area contributed by atoms with Crippen LogP contribution in [0.1, 0.15) is 22.5 Å². The zero-order valence-corrected chi connectivity index (χ0v) is 13.6. The molecule has 130 valence electrons. The molecule has 0 radical (unpaired) electrons. The highest BCUT2D eigenvalue weighted by Crippen LogP contribution is 2.31. The summed E-state index contributed by atoms with van der Waals surface area (Å²) in [6.07, 6.45) is 1.43. The van der Waals surface area contributed by atoms with Crippen molar-refractivity contribution in [2.75, 3.05) is 18.1 Å². The van der Waals surface area contributed by atoms with Gasteiger partial charge in [0.05, 0.1) is 17.5 Å². The molecule has 1 aliphatic heterocycles. The molecule has 0 saturated carbocycles. The molecule has 1 aliphatic rings. The summed E-state index contributed by atoms with van der Waals surface area (Å²) in [6.45, 7) is 1.78. The maximum atomic E-state index is 12.0. The molecule has 2 N–H and O–H groups in total. The van der Waals surface area contributed by atoms with Crippen LogP contribution in [0.3, 0.4) is 0 Å². The number of ether oxygens (including phenoxy) is 1. The van der Waals surface area contributed by atoms with Crippen molar-refractivity contribution in [2.24, 2.45) is 0 Å². The number of hydrogen-bond donors (Lipinski definition) is 2. The van der Waals surface area contributed by atoms with Crippen LogP contribution in [0.2, 0.25) is 0 Å². The molecule has 0 unspecified atom stereocenters. The van der Waals surface area contributed by atoms with Gasteiger partial charge in [-0.2, -0.15) is 0 Å². The van der Waals surface area contributed by atoms with Gasteiger partial charge in [-0.05, 0) is 25.1 Å². The van der Waals surface area contributed by atoms with Crippen LogP contribution in [0.15, 0.2) is 41.0 Å². The first-order valence-electron chi connectivity index (χ1n) is 7.71. The molecule has 2 aromatic rings. The summed E-state index contributed by atoms with van der Waals surface area (Å²) in [5, 5.41) is 0. The Morgan fingerprint density at radius 1 is 1.20 bits per heavy atom. The van der Waals surface area contributed by atoms with Gasteiger partial charge in [-0.25, -0.2) is 0 Å². The number of carbonyl (C=O) groups is 3. The third-order valence-corrected chi connectivity index (χ3v) is 3.79. The number of furan rings is 1. The van der Waals surface area contributed by atoms with E-state index in [2.05, 4.69) is 10.9 Å². The maximum absolute atomic E-state index is 12.0. The van der Waals surface area contributed by atoms with Crippen molar-refractivity contribution in [1.29, 1.82) is 0 Å². The number of anilines is 1. The third-order valence-electron chi connectivity index (χ3n) is 3.79. The van der Waals surface area contributed by atoms with Crippen LogP contribution in [-0.2, 0) is 9.59 Å². The smallest absolute Gasteiger partial charge is 0.273 e. The van der Waals surface area contributed by atoms with Crippen LogP contribution >= 0.6 is 0 Å². The van der Waals surface area contributed by atoms with E-state index in [4.69, 9.17) is 9.15 Å². The minimum absolute atomic E-state index is 0.0325. The molecule has 2 heterocycles. The normalized spacial score (nSPS) is 13.0. The number of nitrogens with one attached hydrogen (secondary N) is 2.